The first-order chi connectivity index (χ1) is 24.4. The fraction of sp³-hybridized carbons (Fsp3) is 0.962. The van der Waals surface area contributed by atoms with Crippen LogP contribution in [-0.2, 0) is 52.5 Å². The molecule has 1 amide bonds. The molecule has 4 saturated heterocycles. The molecule has 20 atom stereocenters. The molecule has 0 saturated carbocycles. The Hall–Kier alpha value is -1.42. The number of hydrogen-bond donors (Lipinski definition) is 14. The largest absolute Gasteiger partial charge is 0.397 e. The van der Waals surface area contributed by atoms with E-state index in [4.69, 9.17) is 37.7 Å². The Kier molecular flexibility index (Phi) is 15.0. The SMILES string of the molecule is CC(=O)N[C@H]1[C@H](O[C@@H]2[C@H](O)[C@@H](O)[C@H](O[C@H]3[C@H](O)[C@@H](O)[C@H](O)O[C@@H]3CO)O[C@@H]2CO)O[C@H](CO)[C@H](O)[C@@H]1O[C@@H]1O[C@H](CO)[C@H](O)[C@H](OS(=O)(=O)O)[C@H]1O. The fourth-order valence-electron chi connectivity index (χ4n) is 6.19. The molecule has 4 heterocycles. The van der Waals surface area contributed by atoms with Crippen molar-refractivity contribution in [2.45, 2.75) is 130 Å². The lowest BCUT2D eigenvalue weighted by Gasteiger charge is -2.50. The fourth-order valence-corrected chi connectivity index (χ4v) is 6.69. The molecule has 0 aromatic carbocycles. The average Bonchev–Trinajstić information content (AvgIpc) is 3.08. The minimum Gasteiger partial charge on any atom is -0.394 e. The van der Waals surface area contributed by atoms with Gasteiger partial charge in [-0.05, 0) is 0 Å². The van der Waals surface area contributed by atoms with Crippen molar-refractivity contribution in [3.63, 3.8) is 0 Å². The molecule has 14 N–H and O–H groups in total. The lowest BCUT2D eigenvalue weighted by Crippen LogP contribution is -2.70. The van der Waals surface area contributed by atoms with Crippen molar-refractivity contribution in [1.82, 2.24) is 5.32 Å². The van der Waals surface area contributed by atoms with Gasteiger partial charge in [-0.25, -0.2) is 4.18 Å². The van der Waals surface area contributed by atoms with Gasteiger partial charge in [-0.3, -0.25) is 9.35 Å². The van der Waals surface area contributed by atoms with Crippen molar-refractivity contribution >= 4 is 16.3 Å². The van der Waals surface area contributed by atoms with Crippen molar-refractivity contribution in [2.75, 3.05) is 26.4 Å². The van der Waals surface area contributed by atoms with Gasteiger partial charge in [-0.1, -0.05) is 0 Å². The first kappa shape index (κ1) is 43.3. The maximum absolute atomic E-state index is 12.3. The molecular formula is C26H45NO24S. The summed E-state index contributed by atoms with van der Waals surface area (Å²) in [7, 11) is -5.32. The molecular weight excluding hydrogens is 742 g/mol. The second-order valence-corrected chi connectivity index (χ2v) is 13.4. The van der Waals surface area contributed by atoms with Crippen molar-refractivity contribution in [3.05, 3.63) is 0 Å². The lowest BCUT2D eigenvalue weighted by atomic mass is 9.94. The van der Waals surface area contributed by atoms with E-state index in [-0.39, 0.29) is 0 Å². The third-order valence-electron chi connectivity index (χ3n) is 8.81. The van der Waals surface area contributed by atoms with Gasteiger partial charge in [0.25, 0.3) is 0 Å². The van der Waals surface area contributed by atoms with Crippen LogP contribution >= 0.6 is 0 Å². The van der Waals surface area contributed by atoms with Crippen LogP contribution in [0.1, 0.15) is 6.92 Å². The number of carbonyl (C=O) groups excluding carboxylic acids is 1. The Bertz CT molecular complexity index is 1260. The van der Waals surface area contributed by atoms with Crippen LogP contribution in [0.5, 0.6) is 0 Å². The molecule has 0 unspecified atom stereocenters. The zero-order valence-corrected chi connectivity index (χ0v) is 27.9. The van der Waals surface area contributed by atoms with E-state index in [9.17, 15) is 74.5 Å². The molecule has 0 bridgehead atoms. The standard InChI is InChI=1S/C26H45NO24S/c1-6(32)27-11-21(50-26-18(39)22(51-52(41,42)43)13(34)8(3-29)46-26)12(33)7(2-28)45-24(11)48-20-10(5-31)47-25(17(38)15(20)36)49-19-9(4-30)44-23(40)16(37)14(19)35/h7-26,28-31,33-40H,2-5H2,1H3,(H,27,32)(H,41,42,43)/t7-,8-,9-,10-,11-,12+,13+,14-,15-,16-,17-,18-,19-,20+,21-,22+,23-,24+,25+,26+/m1/s1. The number of carbonyl (C=O) groups is 1. The highest BCUT2D eigenvalue weighted by atomic mass is 32.3. The highest BCUT2D eigenvalue weighted by Gasteiger charge is 2.56. The van der Waals surface area contributed by atoms with Crippen LogP contribution in [0.3, 0.4) is 0 Å². The van der Waals surface area contributed by atoms with Crippen molar-refractivity contribution in [2.24, 2.45) is 0 Å². The first-order valence-corrected chi connectivity index (χ1v) is 17.1. The molecule has 304 valence electrons. The van der Waals surface area contributed by atoms with E-state index in [2.05, 4.69) is 9.50 Å². The summed E-state index contributed by atoms with van der Waals surface area (Å²) in [5.41, 5.74) is 0. The minimum atomic E-state index is -5.32. The van der Waals surface area contributed by atoms with Crippen molar-refractivity contribution < 1.29 is 116 Å². The quantitative estimate of drug-likeness (QED) is 0.0770. The predicted octanol–water partition coefficient (Wildman–Crippen LogP) is -9.78. The highest BCUT2D eigenvalue weighted by molar-refractivity contribution is 7.80. The minimum absolute atomic E-state index is 0.835. The summed E-state index contributed by atoms with van der Waals surface area (Å²) in [5, 5.41) is 126. The maximum Gasteiger partial charge on any atom is 0.397 e. The van der Waals surface area contributed by atoms with Crippen LogP contribution < -0.4 is 5.32 Å². The van der Waals surface area contributed by atoms with Gasteiger partial charge in [0.05, 0.1) is 26.4 Å². The molecule has 0 radical (unpaired) electrons. The van der Waals surface area contributed by atoms with Crippen LogP contribution in [0.2, 0.25) is 0 Å². The second-order valence-electron chi connectivity index (χ2n) is 12.4. The third-order valence-corrected chi connectivity index (χ3v) is 9.28. The molecule has 4 aliphatic rings. The van der Waals surface area contributed by atoms with Gasteiger partial charge >= 0.3 is 10.4 Å². The summed E-state index contributed by atoms with van der Waals surface area (Å²) < 4.78 is 74.9. The molecule has 0 aliphatic carbocycles. The molecule has 4 fully saturated rings. The lowest BCUT2D eigenvalue weighted by molar-refractivity contribution is -0.378. The summed E-state index contributed by atoms with van der Waals surface area (Å²) in [6.07, 6.45) is -36.1. The van der Waals surface area contributed by atoms with Gasteiger partial charge in [0.2, 0.25) is 5.91 Å². The smallest absolute Gasteiger partial charge is 0.394 e. The number of nitrogens with one attached hydrogen (secondary N) is 1. The van der Waals surface area contributed by atoms with Gasteiger partial charge in [-0.2, -0.15) is 8.42 Å². The Morgan fingerprint density at radius 1 is 0.558 bits per heavy atom. The number of amides is 1. The Labute approximate surface area is 294 Å². The van der Waals surface area contributed by atoms with Gasteiger partial charge < -0.3 is 99.8 Å². The zero-order valence-electron chi connectivity index (χ0n) is 27.1. The van der Waals surface area contributed by atoms with Crippen LogP contribution in [0.4, 0.5) is 0 Å². The molecule has 0 aromatic heterocycles. The van der Waals surface area contributed by atoms with E-state index in [1.54, 1.807) is 0 Å². The van der Waals surface area contributed by atoms with Crippen LogP contribution in [-0.4, -0.2) is 229 Å². The van der Waals surface area contributed by atoms with E-state index in [0.29, 0.717) is 0 Å². The van der Waals surface area contributed by atoms with E-state index in [0.717, 1.165) is 6.92 Å². The number of aliphatic hydroxyl groups is 12. The zero-order chi connectivity index (χ0) is 38.8. The number of aliphatic hydroxyl groups excluding tert-OH is 12. The summed E-state index contributed by atoms with van der Waals surface area (Å²) in [6.45, 7) is -2.82. The number of hydrogen-bond acceptors (Lipinski definition) is 23. The second kappa shape index (κ2) is 18.0. The topological polar surface area (TPSA) is 400 Å². The molecule has 4 rings (SSSR count). The van der Waals surface area contributed by atoms with Crippen LogP contribution in [0.15, 0.2) is 0 Å². The van der Waals surface area contributed by atoms with Crippen molar-refractivity contribution in [3.8, 4) is 0 Å². The van der Waals surface area contributed by atoms with E-state index in [1.165, 1.54) is 0 Å². The molecule has 52 heavy (non-hydrogen) atoms. The molecule has 26 heteroatoms. The Balaban J connectivity index is 1.59. The highest BCUT2D eigenvalue weighted by Crippen LogP contribution is 2.34. The van der Waals surface area contributed by atoms with Gasteiger partial charge in [0, 0.05) is 6.92 Å². The number of rotatable bonds is 13. The van der Waals surface area contributed by atoms with E-state index >= 15 is 0 Å². The molecule has 25 nitrogen and oxygen atoms in total. The third kappa shape index (κ3) is 9.50. The van der Waals surface area contributed by atoms with Gasteiger partial charge in [0.15, 0.2) is 25.2 Å². The number of ether oxygens (including phenoxy) is 7. The van der Waals surface area contributed by atoms with E-state index < -0.39 is 165 Å². The Morgan fingerprint density at radius 3 is 1.50 bits per heavy atom. The van der Waals surface area contributed by atoms with Crippen LogP contribution in [0.25, 0.3) is 0 Å². The monoisotopic (exact) mass is 787 g/mol. The maximum atomic E-state index is 12.3. The molecule has 0 spiro atoms. The van der Waals surface area contributed by atoms with Crippen LogP contribution in [0, 0.1) is 0 Å². The summed E-state index contributed by atoms with van der Waals surface area (Å²) >= 11 is 0. The van der Waals surface area contributed by atoms with E-state index in [1.807, 2.05) is 0 Å². The predicted molar refractivity (Wildman–Crippen MR) is 156 cm³/mol. The molecule has 0 aromatic rings. The normalized spacial score (nSPS) is 47.6. The van der Waals surface area contributed by atoms with Crippen molar-refractivity contribution in [1.29, 1.82) is 0 Å². The Morgan fingerprint density at radius 2 is 0.981 bits per heavy atom. The van der Waals surface area contributed by atoms with Gasteiger partial charge in [-0.15, -0.1) is 0 Å². The summed E-state index contributed by atoms with van der Waals surface area (Å²) in [4.78, 5) is 12.3. The first-order valence-electron chi connectivity index (χ1n) is 15.8. The van der Waals surface area contributed by atoms with Gasteiger partial charge in [0.1, 0.15) is 97.6 Å². The molecule has 4 aliphatic heterocycles. The summed E-state index contributed by atoms with van der Waals surface area (Å²) in [6, 6.07) is -1.71. The average molecular weight is 788 g/mol. The summed E-state index contributed by atoms with van der Waals surface area (Å²) in [5.74, 6) is -0.835.